The van der Waals surface area contributed by atoms with Crippen molar-refractivity contribution < 1.29 is 14.3 Å². The summed E-state index contributed by atoms with van der Waals surface area (Å²) in [4.78, 5) is 22.4. The van der Waals surface area contributed by atoms with Gasteiger partial charge in [-0.1, -0.05) is 6.07 Å². The summed E-state index contributed by atoms with van der Waals surface area (Å²) in [7, 11) is 1.31. The highest BCUT2D eigenvalue weighted by Crippen LogP contribution is 2.17. The van der Waals surface area contributed by atoms with Crippen LogP contribution in [0.4, 0.5) is 5.69 Å². The smallest absolute Gasteiger partial charge is 0.306 e. The number of carbonyl (C=O) groups excluding carboxylic acids is 2. The molecule has 0 aliphatic rings. The van der Waals surface area contributed by atoms with Crippen molar-refractivity contribution in [3.63, 3.8) is 0 Å². The van der Waals surface area contributed by atoms with Crippen LogP contribution < -0.4 is 5.32 Å². The molecule has 0 aliphatic carbocycles. The van der Waals surface area contributed by atoms with Gasteiger partial charge in [-0.2, -0.15) is 0 Å². The number of methoxy groups -OCH3 is 1. The number of hydrogen-bond acceptors (Lipinski definition) is 3. The normalized spacial score (nSPS) is 9.82. The number of anilines is 1. The first kappa shape index (κ1) is 14.0. The number of rotatable bonds is 4. The van der Waals surface area contributed by atoms with Crippen LogP contribution in [0.25, 0.3) is 0 Å². The highest BCUT2D eigenvalue weighted by atomic mass is 127. The summed E-state index contributed by atoms with van der Waals surface area (Å²) < 4.78 is 5.56. The molecule has 0 saturated carbocycles. The Morgan fingerprint density at radius 1 is 1.35 bits per heavy atom. The third kappa shape index (κ3) is 4.72. The van der Waals surface area contributed by atoms with Gasteiger partial charge in [0.25, 0.3) is 0 Å². The summed E-state index contributed by atoms with van der Waals surface area (Å²) in [5.74, 6) is -0.561. The second kappa shape index (κ2) is 6.58. The van der Waals surface area contributed by atoms with Gasteiger partial charge in [0.15, 0.2) is 0 Å². The first-order valence-corrected chi connectivity index (χ1v) is 6.23. The van der Waals surface area contributed by atoms with Crippen LogP contribution in [-0.4, -0.2) is 19.0 Å². The van der Waals surface area contributed by atoms with E-state index in [1.165, 1.54) is 7.11 Å². The van der Waals surface area contributed by atoms with Crippen LogP contribution in [0.3, 0.4) is 0 Å². The standard InChI is InChI=1S/C12H14INO3/c1-8-3-4-9(7-10(8)13)14-11(15)5-6-12(16)17-2/h3-4,7H,5-6H2,1-2H3,(H,14,15). The Bertz CT molecular complexity index is 432. The molecular weight excluding hydrogens is 333 g/mol. The summed E-state index contributed by atoms with van der Waals surface area (Å²) >= 11 is 2.21. The monoisotopic (exact) mass is 347 g/mol. The van der Waals surface area contributed by atoms with E-state index in [1.54, 1.807) is 0 Å². The van der Waals surface area contributed by atoms with Crippen molar-refractivity contribution in [1.29, 1.82) is 0 Å². The molecule has 1 amide bonds. The number of halogens is 1. The number of amides is 1. The van der Waals surface area contributed by atoms with Gasteiger partial charge in [-0.25, -0.2) is 0 Å². The Balaban J connectivity index is 2.50. The fraction of sp³-hybridized carbons (Fsp3) is 0.333. The molecule has 17 heavy (non-hydrogen) atoms. The van der Waals surface area contributed by atoms with Crippen molar-refractivity contribution in [2.24, 2.45) is 0 Å². The molecule has 1 rings (SSSR count). The molecule has 0 unspecified atom stereocenters. The molecule has 0 aliphatic heterocycles. The van der Waals surface area contributed by atoms with E-state index in [9.17, 15) is 9.59 Å². The minimum Gasteiger partial charge on any atom is -0.469 e. The van der Waals surface area contributed by atoms with Gasteiger partial charge in [-0.05, 0) is 47.2 Å². The summed E-state index contributed by atoms with van der Waals surface area (Å²) in [5, 5.41) is 2.74. The molecule has 4 nitrogen and oxygen atoms in total. The van der Waals surface area contributed by atoms with Crippen molar-refractivity contribution >= 4 is 40.2 Å². The lowest BCUT2D eigenvalue weighted by molar-refractivity contribution is -0.141. The first-order valence-electron chi connectivity index (χ1n) is 5.15. The summed E-state index contributed by atoms with van der Waals surface area (Å²) in [6.45, 7) is 2.00. The summed E-state index contributed by atoms with van der Waals surface area (Å²) in [5.41, 5.74) is 1.91. The molecule has 0 atom stereocenters. The Hall–Kier alpha value is -1.11. The molecular formula is C12H14INO3. The van der Waals surface area contributed by atoms with Crippen LogP contribution in [0.1, 0.15) is 18.4 Å². The zero-order valence-corrected chi connectivity index (χ0v) is 11.9. The van der Waals surface area contributed by atoms with Crippen LogP contribution in [-0.2, 0) is 14.3 Å². The van der Waals surface area contributed by atoms with Crippen molar-refractivity contribution in [2.75, 3.05) is 12.4 Å². The predicted octanol–water partition coefficient (Wildman–Crippen LogP) is 2.49. The molecule has 0 saturated heterocycles. The summed E-state index contributed by atoms with van der Waals surface area (Å²) in [6, 6.07) is 5.68. The van der Waals surface area contributed by atoms with Crippen LogP contribution in [0.15, 0.2) is 18.2 Å². The molecule has 0 heterocycles. The van der Waals surface area contributed by atoms with Gasteiger partial charge in [-0.15, -0.1) is 0 Å². The van der Waals surface area contributed by atoms with Crippen molar-refractivity contribution in [1.82, 2.24) is 0 Å². The van der Waals surface area contributed by atoms with Crippen molar-refractivity contribution in [3.05, 3.63) is 27.3 Å². The lowest BCUT2D eigenvalue weighted by Gasteiger charge is -2.06. The van der Waals surface area contributed by atoms with Gasteiger partial charge in [0.2, 0.25) is 5.91 Å². The maximum Gasteiger partial charge on any atom is 0.306 e. The number of aryl methyl sites for hydroxylation is 1. The summed E-state index contributed by atoms with van der Waals surface area (Å²) in [6.07, 6.45) is 0.239. The number of ether oxygens (including phenoxy) is 1. The number of carbonyl (C=O) groups is 2. The van der Waals surface area contributed by atoms with Gasteiger partial charge in [-0.3, -0.25) is 9.59 Å². The van der Waals surface area contributed by atoms with E-state index in [-0.39, 0.29) is 24.7 Å². The average Bonchev–Trinajstić information content (AvgIpc) is 2.31. The quantitative estimate of drug-likeness (QED) is 0.673. The lowest BCUT2D eigenvalue weighted by atomic mass is 10.2. The molecule has 0 aromatic heterocycles. The van der Waals surface area contributed by atoms with Gasteiger partial charge < -0.3 is 10.1 Å². The minimum absolute atomic E-state index is 0.102. The van der Waals surface area contributed by atoms with Crippen LogP contribution in [0.5, 0.6) is 0 Å². The Kier molecular flexibility index (Phi) is 5.40. The van der Waals surface area contributed by atoms with Crippen LogP contribution in [0.2, 0.25) is 0 Å². The molecule has 0 bridgehead atoms. The Labute approximate surface area is 114 Å². The third-order valence-corrected chi connectivity index (χ3v) is 3.40. The van der Waals surface area contributed by atoms with E-state index in [0.717, 1.165) is 14.8 Å². The average molecular weight is 347 g/mol. The molecule has 0 radical (unpaired) electrons. The first-order chi connectivity index (χ1) is 8.02. The number of nitrogens with one attached hydrogen (secondary N) is 1. The van der Waals surface area contributed by atoms with E-state index in [1.807, 2.05) is 25.1 Å². The van der Waals surface area contributed by atoms with E-state index < -0.39 is 0 Å². The fourth-order valence-corrected chi connectivity index (χ4v) is 1.73. The van der Waals surface area contributed by atoms with Gasteiger partial charge in [0.05, 0.1) is 13.5 Å². The molecule has 1 N–H and O–H groups in total. The highest BCUT2D eigenvalue weighted by Gasteiger charge is 2.07. The van der Waals surface area contributed by atoms with Crippen LogP contribution >= 0.6 is 22.6 Å². The molecule has 0 fully saturated rings. The van der Waals surface area contributed by atoms with Crippen molar-refractivity contribution in [2.45, 2.75) is 19.8 Å². The largest absolute Gasteiger partial charge is 0.469 e. The zero-order valence-electron chi connectivity index (χ0n) is 9.75. The lowest BCUT2D eigenvalue weighted by Crippen LogP contribution is -2.14. The maximum atomic E-state index is 11.5. The van der Waals surface area contributed by atoms with Gasteiger partial charge >= 0.3 is 5.97 Å². The fourth-order valence-electron chi connectivity index (χ4n) is 1.21. The molecule has 92 valence electrons. The predicted molar refractivity (Wildman–Crippen MR) is 73.8 cm³/mol. The van der Waals surface area contributed by atoms with E-state index in [0.29, 0.717) is 0 Å². The SMILES string of the molecule is COC(=O)CCC(=O)Nc1ccc(C)c(I)c1. The number of esters is 1. The minimum atomic E-state index is -0.376. The third-order valence-electron chi connectivity index (χ3n) is 2.24. The number of hydrogen-bond donors (Lipinski definition) is 1. The van der Waals surface area contributed by atoms with Gasteiger partial charge in [0.1, 0.15) is 0 Å². The van der Waals surface area contributed by atoms with E-state index in [4.69, 9.17) is 0 Å². The zero-order chi connectivity index (χ0) is 12.8. The second-order valence-corrected chi connectivity index (χ2v) is 4.75. The molecule has 1 aromatic carbocycles. The Morgan fingerprint density at radius 3 is 2.65 bits per heavy atom. The highest BCUT2D eigenvalue weighted by molar-refractivity contribution is 14.1. The molecule has 0 spiro atoms. The number of benzene rings is 1. The van der Waals surface area contributed by atoms with Crippen LogP contribution in [0, 0.1) is 10.5 Å². The second-order valence-electron chi connectivity index (χ2n) is 3.59. The topological polar surface area (TPSA) is 55.4 Å². The molecule has 1 aromatic rings. The maximum absolute atomic E-state index is 11.5. The molecule has 5 heteroatoms. The van der Waals surface area contributed by atoms with E-state index in [2.05, 4.69) is 32.6 Å². The van der Waals surface area contributed by atoms with Crippen molar-refractivity contribution in [3.8, 4) is 0 Å². The Morgan fingerprint density at radius 2 is 2.06 bits per heavy atom. The van der Waals surface area contributed by atoms with Gasteiger partial charge in [0, 0.05) is 15.7 Å². The van der Waals surface area contributed by atoms with E-state index >= 15 is 0 Å².